The van der Waals surface area contributed by atoms with E-state index in [9.17, 15) is 4.79 Å². The van der Waals surface area contributed by atoms with E-state index in [4.69, 9.17) is 0 Å². The molecule has 3 nitrogen and oxygen atoms in total. The number of hydrogen-bond acceptors (Lipinski definition) is 2. The smallest absolute Gasteiger partial charge is 0.223 e. The number of nitrogens with one attached hydrogen (secondary N) is 2. The van der Waals surface area contributed by atoms with Crippen molar-refractivity contribution in [1.82, 2.24) is 10.6 Å². The van der Waals surface area contributed by atoms with Gasteiger partial charge in [0.15, 0.2) is 0 Å². The summed E-state index contributed by atoms with van der Waals surface area (Å²) in [5.41, 5.74) is 0. The predicted octanol–water partition coefficient (Wildman–Crippen LogP) is 2.85. The van der Waals surface area contributed by atoms with Crippen LogP contribution in [0.5, 0.6) is 0 Å². The third-order valence-corrected chi connectivity index (χ3v) is 6.00. The van der Waals surface area contributed by atoms with Gasteiger partial charge in [-0.2, -0.15) is 0 Å². The van der Waals surface area contributed by atoms with Crippen molar-refractivity contribution >= 4 is 5.91 Å². The van der Waals surface area contributed by atoms with Crippen LogP contribution in [0.3, 0.4) is 0 Å². The van der Waals surface area contributed by atoms with Crippen molar-refractivity contribution in [3.8, 4) is 0 Å². The molecule has 3 heteroatoms. The minimum Gasteiger partial charge on any atom is -0.352 e. The molecule has 3 fully saturated rings. The lowest BCUT2D eigenvalue weighted by Crippen LogP contribution is -2.53. The first kappa shape index (κ1) is 14.4. The molecule has 0 aromatic heterocycles. The summed E-state index contributed by atoms with van der Waals surface area (Å²) in [5.74, 6) is 2.41. The van der Waals surface area contributed by atoms with Crippen molar-refractivity contribution in [2.45, 2.75) is 76.8 Å². The zero-order chi connectivity index (χ0) is 13.9. The normalized spacial score (nSPS) is 41.8. The third kappa shape index (κ3) is 3.19. The molecule has 5 atom stereocenters. The summed E-state index contributed by atoms with van der Waals surface area (Å²) in [7, 11) is 0. The molecule has 2 N–H and O–H groups in total. The number of fused-ring (bicyclic) bond motifs is 1. The summed E-state index contributed by atoms with van der Waals surface area (Å²) >= 11 is 0. The van der Waals surface area contributed by atoms with Gasteiger partial charge in [-0.05, 0) is 57.4 Å². The van der Waals surface area contributed by atoms with E-state index in [1.54, 1.807) is 0 Å². The van der Waals surface area contributed by atoms with Crippen LogP contribution < -0.4 is 10.6 Å². The SMILES string of the molecule is CC1NCCCC1NC(=O)C1CCC2CCCCC2C1. The van der Waals surface area contributed by atoms with Crippen LogP contribution in [0.2, 0.25) is 0 Å². The quantitative estimate of drug-likeness (QED) is 0.815. The van der Waals surface area contributed by atoms with Gasteiger partial charge in [0.2, 0.25) is 5.91 Å². The second-order valence-corrected chi connectivity index (χ2v) is 7.31. The molecular weight excluding hydrogens is 248 g/mol. The Hall–Kier alpha value is -0.570. The van der Waals surface area contributed by atoms with Crippen LogP contribution in [0.1, 0.15) is 64.7 Å². The van der Waals surface area contributed by atoms with Gasteiger partial charge in [0.25, 0.3) is 0 Å². The van der Waals surface area contributed by atoms with E-state index in [1.165, 1.54) is 38.5 Å². The lowest BCUT2D eigenvalue weighted by atomic mass is 9.67. The fourth-order valence-electron chi connectivity index (χ4n) is 4.65. The first-order valence-electron chi connectivity index (χ1n) is 8.78. The van der Waals surface area contributed by atoms with Crippen LogP contribution in [0.25, 0.3) is 0 Å². The fraction of sp³-hybridized carbons (Fsp3) is 0.941. The molecule has 0 radical (unpaired) electrons. The number of piperidine rings is 1. The standard InChI is InChI=1S/C17H30N2O/c1-12-16(7-4-10-18-12)19-17(20)15-9-8-13-5-2-3-6-14(13)11-15/h12-16,18H,2-11H2,1H3,(H,19,20). The summed E-state index contributed by atoms with van der Waals surface area (Å²) in [6.45, 7) is 3.29. The summed E-state index contributed by atoms with van der Waals surface area (Å²) in [4.78, 5) is 12.5. The number of amides is 1. The number of hydrogen-bond donors (Lipinski definition) is 2. The monoisotopic (exact) mass is 278 g/mol. The maximum Gasteiger partial charge on any atom is 0.223 e. The molecule has 3 rings (SSSR count). The van der Waals surface area contributed by atoms with E-state index in [2.05, 4.69) is 17.6 Å². The Morgan fingerprint density at radius 3 is 2.60 bits per heavy atom. The summed E-state index contributed by atoms with van der Waals surface area (Å²) in [6, 6.07) is 0.777. The minimum atomic E-state index is 0.295. The number of carbonyl (C=O) groups is 1. The van der Waals surface area contributed by atoms with Crippen LogP contribution >= 0.6 is 0 Å². The second kappa shape index (κ2) is 6.46. The van der Waals surface area contributed by atoms with Gasteiger partial charge in [0.1, 0.15) is 0 Å². The highest BCUT2D eigenvalue weighted by Gasteiger charge is 2.36. The number of carbonyl (C=O) groups excluding carboxylic acids is 1. The number of rotatable bonds is 2. The highest BCUT2D eigenvalue weighted by atomic mass is 16.1. The van der Waals surface area contributed by atoms with Gasteiger partial charge in [-0.15, -0.1) is 0 Å². The molecule has 20 heavy (non-hydrogen) atoms. The van der Waals surface area contributed by atoms with Crippen molar-refractivity contribution < 1.29 is 4.79 Å². The molecule has 114 valence electrons. The van der Waals surface area contributed by atoms with E-state index in [1.807, 2.05) is 0 Å². The molecule has 1 aliphatic heterocycles. The highest BCUT2D eigenvalue weighted by Crippen LogP contribution is 2.42. The van der Waals surface area contributed by atoms with Crippen molar-refractivity contribution in [2.75, 3.05) is 6.54 Å². The topological polar surface area (TPSA) is 41.1 Å². The molecule has 2 aliphatic carbocycles. The maximum absolute atomic E-state index is 12.5. The van der Waals surface area contributed by atoms with Gasteiger partial charge >= 0.3 is 0 Å². The van der Waals surface area contributed by atoms with Crippen LogP contribution in [0.15, 0.2) is 0 Å². The van der Waals surface area contributed by atoms with Gasteiger partial charge in [0, 0.05) is 18.0 Å². The molecule has 3 aliphatic rings. The molecule has 0 aromatic rings. The molecular formula is C17H30N2O. The van der Waals surface area contributed by atoms with Crippen molar-refractivity contribution in [1.29, 1.82) is 0 Å². The van der Waals surface area contributed by atoms with Crippen LogP contribution in [0, 0.1) is 17.8 Å². The average molecular weight is 278 g/mol. The van der Waals surface area contributed by atoms with E-state index in [0.717, 1.165) is 37.6 Å². The first-order valence-corrected chi connectivity index (χ1v) is 8.78. The minimum absolute atomic E-state index is 0.295. The van der Waals surface area contributed by atoms with E-state index >= 15 is 0 Å². The summed E-state index contributed by atoms with van der Waals surface area (Å²) < 4.78 is 0. The second-order valence-electron chi connectivity index (χ2n) is 7.31. The molecule has 2 saturated carbocycles. The molecule has 5 unspecified atom stereocenters. The molecule has 0 bridgehead atoms. The van der Waals surface area contributed by atoms with Crippen molar-refractivity contribution in [2.24, 2.45) is 17.8 Å². The van der Waals surface area contributed by atoms with Gasteiger partial charge in [-0.1, -0.05) is 25.7 Å². The Kier molecular flexibility index (Phi) is 4.65. The lowest BCUT2D eigenvalue weighted by Gasteiger charge is -2.39. The zero-order valence-electron chi connectivity index (χ0n) is 12.9. The molecule has 1 saturated heterocycles. The Morgan fingerprint density at radius 1 is 1.00 bits per heavy atom. The molecule has 0 spiro atoms. The summed E-state index contributed by atoms with van der Waals surface area (Å²) in [6.07, 6.45) is 11.5. The van der Waals surface area contributed by atoms with Gasteiger partial charge in [0.05, 0.1) is 0 Å². The predicted molar refractivity (Wildman–Crippen MR) is 81.4 cm³/mol. The Bertz CT molecular complexity index is 344. The highest BCUT2D eigenvalue weighted by molar-refractivity contribution is 5.79. The van der Waals surface area contributed by atoms with Gasteiger partial charge < -0.3 is 10.6 Å². The van der Waals surface area contributed by atoms with Gasteiger partial charge in [-0.3, -0.25) is 4.79 Å². The molecule has 0 aromatic carbocycles. The Labute approximate surface area is 123 Å². The molecule has 1 heterocycles. The van der Waals surface area contributed by atoms with Gasteiger partial charge in [-0.25, -0.2) is 0 Å². The van der Waals surface area contributed by atoms with E-state index in [-0.39, 0.29) is 0 Å². The zero-order valence-corrected chi connectivity index (χ0v) is 12.9. The van der Waals surface area contributed by atoms with Crippen LogP contribution in [-0.4, -0.2) is 24.5 Å². The first-order chi connectivity index (χ1) is 9.74. The largest absolute Gasteiger partial charge is 0.352 e. The maximum atomic E-state index is 12.5. The third-order valence-electron chi connectivity index (χ3n) is 6.00. The van der Waals surface area contributed by atoms with E-state index < -0.39 is 0 Å². The van der Waals surface area contributed by atoms with Crippen LogP contribution in [0.4, 0.5) is 0 Å². The van der Waals surface area contributed by atoms with E-state index in [0.29, 0.717) is 23.9 Å². The van der Waals surface area contributed by atoms with Crippen molar-refractivity contribution in [3.05, 3.63) is 0 Å². The van der Waals surface area contributed by atoms with Crippen LogP contribution in [-0.2, 0) is 4.79 Å². The Morgan fingerprint density at radius 2 is 1.80 bits per heavy atom. The Balaban J connectivity index is 1.52. The molecule has 1 amide bonds. The fourth-order valence-corrected chi connectivity index (χ4v) is 4.65. The van der Waals surface area contributed by atoms with Crippen molar-refractivity contribution in [3.63, 3.8) is 0 Å². The average Bonchev–Trinajstić information content (AvgIpc) is 2.49. The summed E-state index contributed by atoms with van der Waals surface area (Å²) in [5, 5.41) is 6.80. The lowest BCUT2D eigenvalue weighted by molar-refractivity contribution is -0.128.